The molecule has 0 radical (unpaired) electrons. The Bertz CT molecular complexity index is 942. The lowest BCUT2D eigenvalue weighted by atomic mass is 10.1. The second-order valence-electron chi connectivity index (χ2n) is 6.25. The Balaban J connectivity index is 1.77. The van der Waals surface area contributed by atoms with Crippen molar-refractivity contribution in [3.63, 3.8) is 0 Å². The second kappa shape index (κ2) is 7.58. The van der Waals surface area contributed by atoms with Gasteiger partial charge in [-0.2, -0.15) is 5.10 Å². The summed E-state index contributed by atoms with van der Waals surface area (Å²) in [7, 11) is 0. The van der Waals surface area contributed by atoms with E-state index >= 15 is 0 Å². The van der Waals surface area contributed by atoms with Gasteiger partial charge in [0, 0.05) is 15.6 Å². The molecule has 0 saturated carbocycles. The molecular formula is C19H17Cl2N3O3. The van der Waals surface area contributed by atoms with Gasteiger partial charge in [-0.1, -0.05) is 23.2 Å². The average molecular weight is 406 g/mol. The first kappa shape index (κ1) is 19.2. The first-order chi connectivity index (χ1) is 12.8. The maximum Gasteiger partial charge on any atom is 0.258 e. The third kappa shape index (κ3) is 3.91. The van der Waals surface area contributed by atoms with Crippen molar-refractivity contribution in [3.8, 4) is 5.75 Å². The van der Waals surface area contributed by atoms with Crippen LogP contribution in [0.2, 0.25) is 10.0 Å². The van der Waals surface area contributed by atoms with E-state index in [0.717, 1.165) is 10.5 Å². The minimum absolute atomic E-state index is 0.0150. The maximum atomic E-state index is 12.6. The second-order valence-corrected chi connectivity index (χ2v) is 7.09. The topological polar surface area (TPSA) is 82.0 Å². The molecule has 2 aromatic rings. The molecule has 2 amide bonds. The van der Waals surface area contributed by atoms with Crippen LogP contribution in [-0.2, 0) is 9.59 Å². The van der Waals surface area contributed by atoms with Crippen molar-refractivity contribution in [3.05, 3.63) is 57.6 Å². The highest BCUT2D eigenvalue weighted by Crippen LogP contribution is 2.27. The van der Waals surface area contributed by atoms with Gasteiger partial charge in [-0.05, 0) is 55.8 Å². The molecule has 1 heterocycles. The first-order valence-corrected chi connectivity index (χ1v) is 8.95. The van der Waals surface area contributed by atoms with Crippen LogP contribution in [0, 0.1) is 6.92 Å². The van der Waals surface area contributed by atoms with E-state index in [2.05, 4.69) is 10.5 Å². The molecule has 2 aromatic carbocycles. The molecule has 140 valence electrons. The van der Waals surface area contributed by atoms with Gasteiger partial charge in [0.25, 0.3) is 5.91 Å². The van der Waals surface area contributed by atoms with Gasteiger partial charge in [0.2, 0.25) is 5.91 Å². The van der Waals surface area contributed by atoms with Gasteiger partial charge >= 0.3 is 0 Å². The Labute approximate surface area is 166 Å². The van der Waals surface area contributed by atoms with E-state index in [9.17, 15) is 14.7 Å². The molecule has 0 aliphatic carbocycles. The van der Waals surface area contributed by atoms with E-state index in [1.165, 1.54) is 0 Å². The molecule has 1 aliphatic heterocycles. The van der Waals surface area contributed by atoms with Crippen molar-refractivity contribution in [2.24, 2.45) is 5.10 Å². The molecule has 1 fully saturated rings. The summed E-state index contributed by atoms with van der Waals surface area (Å²) >= 11 is 11.9. The highest BCUT2D eigenvalue weighted by Gasteiger charge is 2.39. The molecular weight excluding hydrogens is 389 g/mol. The number of hydrogen-bond acceptors (Lipinski definition) is 5. The monoisotopic (exact) mass is 405 g/mol. The van der Waals surface area contributed by atoms with Gasteiger partial charge in [0.15, 0.2) is 0 Å². The molecule has 0 spiro atoms. The fourth-order valence-corrected chi connectivity index (χ4v) is 3.07. The number of hydrogen-bond donors (Lipinski definition) is 2. The number of aromatic hydroxyl groups is 1. The molecule has 27 heavy (non-hydrogen) atoms. The molecule has 2 N–H and O–H groups in total. The number of hydrazone groups is 1. The number of carbonyl (C=O) groups is 2. The molecule has 0 bridgehead atoms. The van der Waals surface area contributed by atoms with Crippen molar-refractivity contribution < 1.29 is 14.7 Å². The van der Waals surface area contributed by atoms with E-state index in [4.69, 9.17) is 23.2 Å². The van der Waals surface area contributed by atoms with Crippen molar-refractivity contribution in [1.29, 1.82) is 0 Å². The van der Waals surface area contributed by atoms with Crippen molar-refractivity contribution >= 4 is 46.4 Å². The van der Waals surface area contributed by atoms with Gasteiger partial charge in [-0.3, -0.25) is 15.0 Å². The minimum atomic E-state index is -0.786. The SMILES string of the molecule is C/C(=N\NC1CC(=O)N(c2ccc(Cl)cc2)C1=O)c1cc(Cl)c(C)cc1O. The Morgan fingerprint density at radius 1 is 1.22 bits per heavy atom. The number of nitrogens with zero attached hydrogens (tertiary/aromatic N) is 2. The normalized spacial score (nSPS) is 17.6. The van der Waals surface area contributed by atoms with Crippen LogP contribution in [0.1, 0.15) is 24.5 Å². The molecule has 1 unspecified atom stereocenters. The lowest BCUT2D eigenvalue weighted by molar-refractivity contribution is -0.121. The number of amides is 2. The van der Waals surface area contributed by atoms with Gasteiger partial charge in [-0.25, -0.2) is 4.90 Å². The van der Waals surface area contributed by atoms with Crippen LogP contribution in [-0.4, -0.2) is 28.7 Å². The minimum Gasteiger partial charge on any atom is -0.507 e. The van der Waals surface area contributed by atoms with E-state index in [1.54, 1.807) is 50.2 Å². The van der Waals surface area contributed by atoms with Crippen LogP contribution in [0.5, 0.6) is 5.75 Å². The van der Waals surface area contributed by atoms with Crippen LogP contribution in [0.3, 0.4) is 0 Å². The average Bonchev–Trinajstić information content (AvgIpc) is 2.90. The van der Waals surface area contributed by atoms with Crippen LogP contribution in [0.15, 0.2) is 41.5 Å². The summed E-state index contributed by atoms with van der Waals surface area (Å²) in [6, 6.07) is 8.82. The zero-order valence-electron chi connectivity index (χ0n) is 14.7. The summed E-state index contributed by atoms with van der Waals surface area (Å²) in [4.78, 5) is 26.0. The summed E-state index contributed by atoms with van der Waals surface area (Å²) < 4.78 is 0. The quantitative estimate of drug-likeness (QED) is 0.461. The van der Waals surface area contributed by atoms with E-state index in [0.29, 0.717) is 27.0 Å². The number of rotatable bonds is 4. The number of imide groups is 1. The predicted octanol–water partition coefficient (Wildman–Crippen LogP) is 3.65. The van der Waals surface area contributed by atoms with Crippen molar-refractivity contribution in [2.75, 3.05) is 4.90 Å². The smallest absolute Gasteiger partial charge is 0.258 e. The molecule has 8 heteroatoms. The third-order valence-corrected chi connectivity index (χ3v) is 4.95. The van der Waals surface area contributed by atoms with Gasteiger partial charge in [0.05, 0.1) is 17.8 Å². The molecule has 1 aliphatic rings. The number of phenolic OH excluding ortho intramolecular Hbond substituents is 1. The predicted molar refractivity (Wildman–Crippen MR) is 106 cm³/mol. The number of nitrogens with one attached hydrogen (secondary N) is 1. The third-order valence-electron chi connectivity index (χ3n) is 4.29. The number of aryl methyl sites for hydroxylation is 1. The van der Waals surface area contributed by atoms with Crippen LogP contribution < -0.4 is 10.3 Å². The van der Waals surface area contributed by atoms with E-state index in [-0.39, 0.29) is 18.1 Å². The van der Waals surface area contributed by atoms with Crippen LogP contribution in [0.4, 0.5) is 5.69 Å². The molecule has 1 atom stereocenters. The summed E-state index contributed by atoms with van der Waals surface area (Å²) in [5, 5.41) is 15.3. The Kier molecular flexibility index (Phi) is 5.39. The van der Waals surface area contributed by atoms with E-state index in [1.807, 2.05) is 0 Å². The largest absolute Gasteiger partial charge is 0.507 e. The molecule has 1 saturated heterocycles. The van der Waals surface area contributed by atoms with Gasteiger partial charge < -0.3 is 5.11 Å². The van der Waals surface area contributed by atoms with Crippen LogP contribution in [0.25, 0.3) is 0 Å². The zero-order valence-corrected chi connectivity index (χ0v) is 16.2. The number of halogens is 2. The highest BCUT2D eigenvalue weighted by molar-refractivity contribution is 6.32. The Hall–Kier alpha value is -2.57. The standard InChI is InChI=1S/C19H17Cl2N3O3/c1-10-7-17(25)14(8-15(10)21)11(2)22-23-16-9-18(26)24(19(16)27)13-5-3-12(20)4-6-13/h3-8,16,23,25H,9H2,1-2H3/b22-11+. The van der Waals surface area contributed by atoms with E-state index < -0.39 is 11.9 Å². The molecule has 6 nitrogen and oxygen atoms in total. The fraction of sp³-hybridized carbons (Fsp3) is 0.211. The Morgan fingerprint density at radius 3 is 2.56 bits per heavy atom. The van der Waals surface area contributed by atoms with Crippen molar-refractivity contribution in [2.45, 2.75) is 26.3 Å². The molecule has 3 rings (SSSR count). The fourth-order valence-electron chi connectivity index (χ4n) is 2.79. The maximum absolute atomic E-state index is 12.6. The summed E-state index contributed by atoms with van der Waals surface area (Å²) in [5.41, 5.74) is 4.83. The van der Waals surface area contributed by atoms with Crippen LogP contribution >= 0.6 is 23.2 Å². The Morgan fingerprint density at radius 2 is 1.89 bits per heavy atom. The number of anilines is 1. The summed E-state index contributed by atoms with van der Waals surface area (Å²) in [5.74, 6) is -0.685. The highest BCUT2D eigenvalue weighted by atomic mass is 35.5. The number of phenols is 1. The lowest BCUT2D eigenvalue weighted by Gasteiger charge is -2.15. The first-order valence-electron chi connectivity index (χ1n) is 8.19. The van der Waals surface area contributed by atoms with Gasteiger partial charge in [0.1, 0.15) is 11.8 Å². The molecule has 0 aromatic heterocycles. The number of benzene rings is 2. The number of carbonyl (C=O) groups excluding carboxylic acids is 2. The summed E-state index contributed by atoms with van der Waals surface area (Å²) in [6.07, 6.45) is -0.0150. The van der Waals surface area contributed by atoms with Gasteiger partial charge in [-0.15, -0.1) is 0 Å². The van der Waals surface area contributed by atoms with Crippen molar-refractivity contribution in [1.82, 2.24) is 5.43 Å². The zero-order chi connectivity index (χ0) is 19.7. The summed E-state index contributed by atoms with van der Waals surface area (Å²) in [6.45, 7) is 3.46. The lowest BCUT2D eigenvalue weighted by Crippen LogP contribution is -2.37.